The summed E-state index contributed by atoms with van der Waals surface area (Å²) in [6.07, 6.45) is 3.11. The van der Waals surface area contributed by atoms with Crippen LogP contribution in [0.25, 0.3) is 15.2 Å². The number of methoxy groups -OCH3 is 1. The molecule has 5 heterocycles. The molecule has 2 saturated heterocycles. The van der Waals surface area contributed by atoms with Crippen molar-refractivity contribution in [2.75, 3.05) is 26.8 Å². The summed E-state index contributed by atoms with van der Waals surface area (Å²) in [6.45, 7) is 11.1. The van der Waals surface area contributed by atoms with E-state index in [1.807, 2.05) is 18.2 Å². The number of carbonyl (C=O) groups is 1. The van der Waals surface area contributed by atoms with E-state index in [9.17, 15) is 9.18 Å². The Morgan fingerprint density at radius 2 is 2.02 bits per heavy atom. The number of imidazole rings is 1. The average molecular weight is 576 g/mol. The van der Waals surface area contributed by atoms with Crippen LogP contribution in [0.2, 0.25) is 0 Å². The van der Waals surface area contributed by atoms with Crippen molar-refractivity contribution in [2.45, 2.75) is 51.0 Å². The second kappa shape index (κ2) is 11.9. The lowest BCUT2D eigenvalue weighted by molar-refractivity contribution is -0.0591. The predicted octanol–water partition coefficient (Wildman–Crippen LogP) is 5.72. The summed E-state index contributed by atoms with van der Waals surface area (Å²) in [6, 6.07) is 11.9. The maximum Gasteiger partial charge on any atom is 0.348 e. The summed E-state index contributed by atoms with van der Waals surface area (Å²) in [7, 11) is 1.39. The van der Waals surface area contributed by atoms with Gasteiger partial charge in [0.1, 0.15) is 33.5 Å². The first-order valence-electron chi connectivity index (χ1n) is 13.7. The number of likely N-dealkylation sites (tertiary alicyclic amines) is 1. The van der Waals surface area contributed by atoms with Crippen LogP contribution in [0, 0.1) is 12.4 Å². The molecular weight excluding hydrogens is 545 g/mol. The van der Waals surface area contributed by atoms with E-state index in [1.165, 1.54) is 24.5 Å². The molecule has 212 valence electrons. The summed E-state index contributed by atoms with van der Waals surface area (Å²) in [5.41, 5.74) is 2.46. The van der Waals surface area contributed by atoms with Gasteiger partial charge in [0.15, 0.2) is 5.69 Å². The molecule has 0 amide bonds. The molecule has 0 spiro atoms. The van der Waals surface area contributed by atoms with Gasteiger partial charge in [-0.1, -0.05) is 18.2 Å². The lowest BCUT2D eigenvalue weighted by Gasteiger charge is -2.32. The second-order valence-corrected chi connectivity index (χ2v) is 11.4. The first-order chi connectivity index (χ1) is 20.0. The largest absolute Gasteiger partial charge is 0.473 e. The molecule has 3 aromatic heterocycles. The Morgan fingerprint density at radius 1 is 1.20 bits per heavy atom. The number of pyridine rings is 1. The molecule has 41 heavy (non-hydrogen) atoms. The van der Waals surface area contributed by atoms with Gasteiger partial charge in [0.2, 0.25) is 5.88 Å². The molecule has 4 aromatic rings. The predicted molar refractivity (Wildman–Crippen MR) is 152 cm³/mol. The SMILES string of the molecule is [C-]#[N+]c1ccc(COc2cccc(C3CCN(Cc4nc5cc(C(=O)OC)sc5n4C[C@@H]4CCO4)CC3)n2)c(F)c1. The minimum atomic E-state index is -0.452. The molecule has 0 unspecified atom stereocenters. The van der Waals surface area contributed by atoms with Gasteiger partial charge in [0.25, 0.3) is 0 Å². The average Bonchev–Trinajstić information content (AvgIpc) is 3.52. The maximum atomic E-state index is 14.2. The van der Waals surface area contributed by atoms with Crippen molar-refractivity contribution >= 4 is 33.3 Å². The monoisotopic (exact) mass is 575 g/mol. The minimum absolute atomic E-state index is 0.0517. The van der Waals surface area contributed by atoms with Gasteiger partial charge in [0.05, 0.1) is 32.9 Å². The Morgan fingerprint density at radius 3 is 2.73 bits per heavy atom. The highest BCUT2D eigenvalue weighted by molar-refractivity contribution is 7.20. The Bertz CT molecular complexity index is 1600. The van der Waals surface area contributed by atoms with Gasteiger partial charge < -0.3 is 18.8 Å². The van der Waals surface area contributed by atoms with Gasteiger partial charge in [-0.15, -0.1) is 11.3 Å². The Hall–Kier alpha value is -3.85. The smallest absolute Gasteiger partial charge is 0.348 e. The molecular formula is C30H30FN5O4S. The van der Waals surface area contributed by atoms with E-state index in [4.69, 9.17) is 30.8 Å². The van der Waals surface area contributed by atoms with Crippen LogP contribution >= 0.6 is 11.3 Å². The first-order valence-corrected chi connectivity index (χ1v) is 14.5. The molecule has 0 radical (unpaired) electrons. The zero-order valence-electron chi connectivity index (χ0n) is 22.7. The Labute approximate surface area is 241 Å². The van der Waals surface area contributed by atoms with Gasteiger partial charge >= 0.3 is 5.97 Å². The third kappa shape index (κ3) is 5.95. The zero-order valence-corrected chi connectivity index (χ0v) is 23.5. The van der Waals surface area contributed by atoms with E-state index in [0.29, 0.717) is 22.2 Å². The third-order valence-electron chi connectivity index (χ3n) is 7.72. The molecule has 1 atom stereocenters. The van der Waals surface area contributed by atoms with Crippen molar-refractivity contribution in [1.82, 2.24) is 19.4 Å². The normalized spacial score (nSPS) is 17.7. The van der Waals surface area contributed by atoms with Crippen molar-refractivity contribution in [3.63, 3.8) is 0 Å². The number of aromatic nitrogens is 3. The van der Waals surface area contributed by atoms with Gasteiger partial charge in [-0.3, -0.25) is 4.90 Å². The highest BCUT2D eigenvalue weighted by atomic mass is 32.1. The lowest BCUT2D eigenvalue weighted by atomic mass is 9.93. The summed E-state index contributed by atoms with van der Waals surface area (Å²) >= 11 is 1.42. The standard InChI is InChI=1S/C30H30FN5O4S/c1-32-21-7-6-20(23(31)14-21)18-40-28-5-3-4-24(34-28)19-8-11-35(12-9-19)17-27-33-25-15-26(30(37)38-2)41-29(25)36(27)16-22-10-13-39-22/h3-7,14-15,19,22H,8-13,16-18H2,2H3/t22-/m0/s1. The van der Waals surface area contributed by atoms with Crippen LogP contribution in [0.3, 0.4) is 0 Å². The van der Waals surface area contributed by atoms with Crippen molar-refractivity contribution in [2.24, 2.45) is 0 Å². The van der Waals surface area contributed by atoms with E-state index < -0.39 is 5.82 Å². The first kappa shape index (κ1) is 27.3. The van der Waals surface area contributed by atoms with Crippen molar-refractivity contribution in [3.8, 4) is 5.88 Å². The Balaban J connectivity index is 1.09. The molecule has 6 rings (SSSR count). The molecule has 0 saturated carbocycles. The van der Waals surface area contributed by atoms with Crippen LogP contribution in [-0.2, 0) is 29.2 Å². The van der Waals surface area contributed by atoms with E-state index >= 15 is 0 Å². The number of hydrogen-bond donors (Lipinski definition) is 0. The summed E-state index contributed by atoms with van der Waals surface area (Å²) < 4.78 is 32.9. The fourth-order valence-corrected chi connectivity index (χ4v) is 6.35. The molecule has 11 heteroatoms. The van der Waals surface area contributed by atoms with E-state index in [-0.39, 0.29) is 24.4 Å². The maximum absolute atomic E-state index is 14.2. The number of carbonyl (C=O) groups excluding carboxylic acids is 1. The summed E-state index contributed by atoms with van der Waals surface area (Å²) in [5, 5.41) is 0. The molecule has 0 aliphatic carbocycles. The van der Waals surface area contributed by atoms with Crippen LogP contribution in [0.5, 0.6) is 5.88 Å². The van der Waals surface area contributed by atoms with Crippen LogP contribution in [0.15, 0.2) is 42.5 Å². The number of esters is 1. The third-order valence-corrected chi connectivity index (χ3v) is 8.85. The molecule has 2 fully saturated rings. The fourth-order valence-electron chi connectivity index (χ4n) is 5.30. The minimum Gasteiger partial charge on any atom is -0.473 e. The number of nitrogens with zero attached hydrogens (tertiary/aromatic N) is 5. The quantitative estimate of drug-likeness (QED) is 0.187. The number of piperidine rings is 1. The number of benzene rings is 1. The van der Waals surface area contributed by atoms with Gasteiger partial charge in [-0.2, -0.15) is 0 Å². The number of hydrogen-bond acceptors (Lipinski definition) is 8. The molecule has 9 nitrogen and oxygen atoms in total. The van der Waals surface area contributed by atoms with Gasteiger partial charge in [-0.05, 0) is 50.6 Å². The van der Waals surface area contributed by atoms with Crippen LogP contribution in [0.1, 0.15) is 51.9 Å². The van der Waals surface area contributed by atoms with E-state index in [2.05, 4.69) is 14.3 Å². The molecule has 2 aliphatic heterocycles. The second-order valence-electron chi connectivity index (χ2n) is 10.3. The van der Waals surface area contributed by atoms with Crippen LogP contribution < -0.4 is 4.74 Å². The van der Waals surface area contributed by atoms with Crippen molar-refractivity contribution in [1.29, 1.82) is 0 Å². The number of ether oxygens (including phenoxy) is 3. The Kier molecular flexibility index (Phi) is 7.96. The zero-order chi connectivity index (χ0) is 28.3. The van der Waals surface area contributed by atoms with E-state index in [1.54, 1.807) is 18.2 Å². The lowest BCUT2D eigenvalue weighted by Crippen LogP contribution is -2.35. The van der Waals surface area contributed by atoms with Gasteiger partial charge in [0, 0.05) is 29.8 Å². The molecule has 0 N–H and O–H groups in total. The summed E-state index contributed by atoms with van der Waals surface area (Å²) in [5.74, 6) is 0.964. The highest BCUT2D eigenvalue weighted by Crippen LogP contribution is 2.32. The number of rotatable bonds is 9. The number of fused-ring (bicyclic) bond motifs is 1. The molecule has 0 bridgehead atoms. The molecule has 2 aliphatic rings. The summed E-state index contributed by atoms with van der Waals surface area (Å²) in [4.78, 5) is 28.9. The fraction of sp³-hybridized carbons (Fsp3) is 0.400. The van der Waals surface area contributed by atoms with E-state index in [0.717, 1.165) is 73.9 Å². The van der Waals surface area contributed by atoms with Gasteiger partial charge in [-0.25, -0.2) is 24.0 Å². The van der Waals surface area contributed by atoms with Crippen LogP contribution in [0.4, 0.5) is 10.1 Å². The number of thiophene rings is 1. The highest BCUT2D eigenvalue weighted by Gasteiger charge is 2.27. The van der Waals surface area contributed by atoms with Crippen LogP contribution in [-0.4, -0.2) is 58.3 Å². The van der Waals surface area contributed by atoms with Crippen molar-refractivity contribution < 1.29 is 23.4 Å². The molecule has 1 aromatic carbocycles. The van der Waals surface area contributed by atoms with Crippen molar-refractivity contribution in [3.05, 3.63) is 81.7 Å². The number of halogens is 1. The topological polar surface area (TPSA) is 83.1 Å².